The highest BCUT2D eigenvalue weighted by Gasteiger charge is 2.40. The molecular formula is C12H23NO2. The minimum absolute atomic E-state index is 0.0535. The predicted octanol–water partition coefficient (Wildman–Crippen LogP) is 2.22. The summed E-state index contributed by atoms with van der Waals surface area (Å²) in [6, 6.07) is 0. The molecule has 0 spiro atoms. The molecule has 0 saturated carbocycles. The number of carboxylic acid groups (broad SMARTS) is 1. The first-order chi connectivity index (χ1) is 6.83. The first-order valence-electron chi connectivity index (χ1n) is 5.81. The molecule has 0 aromatic rings. The normalized spacial score (nSPS) is 26.1. The van der Waals surface area contributed by atoms with Crippen molar-refractivity contribution in [1.82, 2.24) is 4.90 Å². The molecule has 0 radical (unpaired) electrons. The molecule has 1 aliphatic heterocycles. The van der Waals surface area contributed by atoms with Crippen LogP contribution in [0.5, 0.6) is 0 Å². The molecular weight excluding hydrogens is 190 g/mol. The lowest BCUT2D eigenvalue weighted by molar-refractivity contribution is -0.141. The standard InChI is InChI=1S/C12H23NO2/c1-9(2)5-6-13-8-10(11(14)15)7-12(13,3)4/h9-10H,5-8H2,1-4H3,(H,14,15). The zero-order chi connectivity index (χ0) is 11.6. The maximum Gasteiger partial charge on any atom is 0.307 e. The van der Waals surface area contributed by atoms with Crippen LogP contribution in [0.1, 0.15) is 40.5 Å². The van der Waals surface area contributed by atoms with E-state index >= 15 is 0 Å². The first-order valence-corrected chi connectivity index (χ1v) is 5.81. The van der Waals surface area contributed by atoms with Crippen molar-refractivity contribution >= 4 is 5.97 Å². The van der Waals surface area contributed by atoms with Gasteiger partial charge in [0.05, 0.1) is 5.92 Å². The van der Waals surface area contributed by atoms with E-state index in [0.29, 0.717) is 5.92 Å². The van der Waals surface area contributed by atoms with Crippen LogP contribution in [0.4, 0.5) is 0 Å². The summed E-state index contributed by atoms with van der Waals surface area (Å²) in [5, 5.41) is 9.01. The molecule has 0 amide bonds. The molecule has 88 valence electrons. The number of likely N-dealkylation sites (tertiary alicyclic amines) is 1. The van der Waals surface area contributed by atoms with Crippen LogP contribution in [0.25, 0.3) is 0 Å². The van der Waals surface area contributed by atoms with E-state index in [1.807, 2.05) is 0 Å². The second-order valence-electron chi connectivity index (χ2n) is 5.68. The number of aliphatic carboxylic acids is 1. The van der Waals surface area contributed by atoms with Gasteiger partial charge in [0, 0.05) is 12.1 Å². The van der Waals surface area contributed by atoms with E-state index in [9.17, 15) is 4.79 Å². The summed E-state index contributed by atoms with van der Waals surface area (Å²) in [6.07, 6.45) is 1.93. The Labute approximate surface area is 92.5 Å². The second-order valence-corrected chi connectivity index (χ2v) is 5.68. The van der Waals surface area contributed by atoms with Crippen LogP contribution in [0.3, 0.4) is 0 Å². The van der Waals surface area contributed by atoms with E-state index in [4.69, 9.17) is 5.11 Å². The fraction of sp³-hybridized carbons (Fsp3) is 0.917. The number of hydrogen-bond acceptors (Lipinski definition) is 2. The molecule has 0 aliphatic carbocycles. The largest absolute Gasteiger partial charge is 0.481 e. The zero-order valence-corrected chi connectivity index (χ0v) is 10.3. The number of rotatable bonds is 4. The van der Waals surface area contributed by atoms with Crippen molar-refractivity contribution in [2.24, 2.45) is 11.8 Å². The van der Waals surface area contributed by atoms with Crippen molar-refractivity contribution < 1.29 is 9.90 Å². The lowest BCUT2D eigenvalue weighted by Crippen LogP contribution is -2.39. The third-order valence-electron chi connectivity index (χ3n) is 3.37. The van der Waals surface area contributed by atoms with Crippen molar-refractivity contribution in [3.63, 3.8) is 0 Å². The molecule has 0 aromatic heterocycles. The van der Waals surface area contributed by atoms with Gasteiger partial charge in [-0.1, -0.05) is 13.8 Å². The van der Waals surface area contributed by atoms with Gasteiger partial charge in [-0.05, 0) is 39.2 Å². The van der Waals surface area contributed by atoms with Crippen LogP contribution in [-0.2, 0) is 4.79 Å². The quantitative estimate of drug-likeness (QED) is 0.778. The first kappa shape index (κ1) is 12.5. The summed E-state index contributed by atoms with van der Waals surface area (Å²) >= 11 is 0. The van der Waals surface area contributed by atoms with Crippen LogP contribution in [0.2, 0.25) is 0 Å². The van der Waals surface area contributed by atoms with Crippen molar-refractivity contribution in [2.45, 2.75) is 46.1 Å². The van der Waals surface area contributed by atoms with E-state index < -0.39 is 5.97 Å². The molecule has 0 bridgehead atoms. The maximum atomic E-state index is 10.9. The average Bonchev–Trinajstić information content (AvgIpc) is 2.37. The minimum atomic E-state index is -0.643. The Morgan fingerprint density at radius 3 is 2.53 bits per heavy atom. The lowest BCUT2D eigenvalue weighted by atomic mass is 9.96. The van der Waals surface area contributed by atoms with Gasteiger partial charge in [0.25, 0.3) is 0 Å². The fourth-order valence-corrected chi connectivity index (χ4v) is 2.28. The van der Waals surface area contributed by atoms with Crippen LogP contribution < -0.4 is 0 Å². The van der Waals surface area contributed by atoms with Gasteiger partial charge in [-0.3, -0.25) is 9.69 Å². The van der Waals surface area contributed by atoms with Gasteiger partial charge in [-0.25, -0.2) is 0 Å². The van der Waals surface area contributed by atoms with Crippen molar-refractivity contribution in [3.05, 3.63) is 0 Å². The number of carbonyl (C=O) groups is 1. The predicted molar refractivity (Wildman–Crippen MR) is 60.8 cm³/mol. The van der Waals surface area contributed by atoms with Crippen LogP contribution in [0.15, 0.2) is 0 Å². The Hall–Kier alpha value is -0.570. The Balaban J connectivity index is 2.54. The minimum Gasteiger partial charge on any atom is -0.481 e. The van der Waals surface area contributed by atoms with Crippen molar-refractivity contribution in [3.8, 4) is 0 Å². The number of carboxylic acids is 1. The summed E-state index contributed by atoms with van der Waals surface area (Å²) in [6.45, 7) is 10.4. The van der Waals surface area contributed by atoms with E-state index in [0.717, 1.165) is 25.9 Å². The van der Waals surface area contributed by atoms with Gasteiger partial charge in [0.2, 0.25) is 0 Å². The summed E-state index contributed by atoms with van der Waals surface area (Å²) in [7, 11) is 0. The van der Waals surface area contributed by atoms with Gasteiger partial charge in [-0.15, -0.1) is 0 Å². The van der Waals surface area contributed by atoms with E-state index in [1.165, 1.54) is 0 Å². The lowest BCUT2D eigenvalue weighted by Gasteiger charge is -2.31. The Morgan fingerprint density at radius 2 is 2.13 bits per heavy atom. The third kappa shape index (κ3) is 3.20. The third-order valence-corrected chi connectivity index (χ3v) is 3.37. The molecule has 3 nitrogen and oxygen atoms in total. The second kappa shape index (κ2) is 4.52. The van der Waals surface area contributed by atoms with Crippen molar-refractivity contribution in [1.29, 1.82) is 0 Å². The van der Waals surface area contributed by atoms with Gasteiger partial charge >= 0.3 is 5.97 Å². The molecule has 1 saturated heterocycles. The molecule has 1 fully saturated rings. The molecule has 0 aromatic carbocycles. The van der Waals surface area contributed by atoms with E-state index in [2.05, 4.69) is 32.6 Å². The molecule has 3 heteroatoms. The summed E-state index contributed by atoms with van der Waals surface area (Å²) in [5.74, 6) is -0.132. The summed E-state index contributed by atoms with van der Waals surface area (Å²) in [5.41, 5.74) is 0.0535. The van der Waals surface area contributed by atoms with Crippen LogP contribution in [0, 0.1) is 11.8 Å². The molecule has 1 atom stereocenters. The monoisotopic (exact) mass is 213 g/mol. The average molecular weight is 213 g/mol. The maximum absolute atomic E-state index is 10.9. The molecule has 15 heavy (non-hydrogen) atoms. The summed E-state index contributed by atoms with van der Waals surface area (Å²) < 4.78 is 0. The van der Waals surface area contributed by atoms with E-state index in [-0.39, 0.29) is 11.5 Å². The van der Waals surface area contributed by atoms with Gasteiger partial charge in [-0.2, -0.15) is 0 Å². The molecule has 1 unspecified atom stereocenters. The molecule has 1 N–H and O–H groups in total. The van der Waals surface area contributed by atoms with Gasteiger partial charge in [0.15, 0.2) is 0 Å². The smallest absolute Gasteiger partial charge is 0.307 e. The Morgan fingerprint density at radius 1 is 1.53 bits per heavy atom. The fourth-order valence-electron chi connectivity index (χ4n) is 2.28. The van der Waals surface area contributed by atoms with Gasteiger partial charge in [0.1, 0.15) is 0 Å². The summed E-state index contributed by atoms with van der Waals surface area (Å²) in [4.78, 5) is 13.3. The highest BCUT2D eigenvalue weighted by Crippen LogP contribution is 2.33. The zero-order valence-electron chi connectivity index (χ0n) is 10.3. The van der Waals surface area contributed by atoms with Crippen molar-refractivity contribution in [2.75, 3.05) is 13.1 Å². The Kier molecular flexibility index (Phi) is 3.77. The topological polar surface area (TPSA) is 40.5 Å². The molecule has 1 heterocycles. The molecule has 1 aliphatic rings. The van der Waals surface area contributed by atoms with Gasteiger partial charge < -0.3 is 5.11 Å². The number of nitrogens with zero attached hydrogens (tertiary/aromatic N) is 1. The van der Waals surface area contributed by atoms with Crippen LogP contribution >= 0.6 is 0 Å². The highest BCUT2D eigenvalue weighted by molar-refractivity contribution is 5.70. The van der Waals surface area contributed by atoms with E-state index in [1.54, 1.807) is 0 Å². The highest BCUT2D eigenvalue weighted by atomic mass is 16.4. The van der Waals surface area contributed by atoms with Crippen LogP contribution in [-0.4, -0.2) is 34.6 Å². The molecule has 1 rings (SSSR count). The number of hydrogen-bond donors (Lipinski definition) is 1. The Bertz CT molecular complexity index is 236. The SMILES string of the molecule is CC(C)CCN1CC(C(=O)O)CC1(C)C.